The lowest BCUT2D eigenvalue weighted by Gasteiger charge is -2.37. The number of halogens is 1. The fraction of sp³-hybridized carbons (Fsp3) is 0.348. The quantitative estimate of drug-likeness (QED) is 0.618. The monoisotopic (exact) mass is 475 g/mol. The number of fused-ring (bicyclic) bond motifs is 1. The van der Waals surface area contributed by atoms with Crippen molar-refractivity contribution in [3.63, 3.8) is 0 Å². The molecule has 2 atom stereocenters. The fourth-order valence-electron chi connectivity index (χ4n) is 4.65. The molecule has 1 saturated heterocycles. The van der Waals surface area contributed by atoms with Crippen LogP contribution >= 0.6 is 11.6 Å². The van der Waals surface area contributed by atoms with Gasteiger partial charge in [0.2, 0.25) is 0 Å². The highest BCUT2D eigenvalue weighted by Gasteiger charge is 2.47. The van der Waals surface area contributed by atoms with E-state index in [2.05, 4.69) is 0 Å². The van der Waals surface area contributed by atoms with Gasteiger partial charge in [0.25, 0.3) is 10.0 Å². The second-order valence-electron chi connectivity index (χ2n) is 8.19. The van der Waals surface area contributed by atoms with Gasteiger partial charge in [0, 0.05) is 41.4 Å². The number of carbonyl (C=O) groups is 1. The van der Waals surface area contributed by atoms with Crippen LogP contribution in [-0.2, 0) is 24.3 Å². The molecule has 32 heavy (non-hydrogen) atoms. The molecule has 1 aliphatic carbocycles. The molecule has 1 saturated carbocycles. The fourth-order valence-corrected chi connectivity index (χ4v) is 6.22. The molecule has 5 rings (SSSR count). The van der Waals surface area contributed by atoms with E-state index in [-0.39, 0.29) is 23.5 Å². The third-order valence-corrected chi connectivity index (χ3v) is 8.20. The first-order valence-electron chi connectivity index (χ1n) is 10.4. The molecule has 1 aliphatic heterocycles. The SMILES string of the molecule is O=C1CCC2(C[C@H]1[C@@H](O)c1cn(S(=O)(=O)c3ccccc3)c3ccc(Cl)cc13)OCCO2. The summed E-state index contributed by atoms with van der Waals surface area (Å²) >= 11 is 6.20. The Bertz CT molecular complexity index is 1280. The molecular weight excluding hydrogens is 454 g/mol. The topological polar surface area (TPSA) is 94.8 Å². The van der Waals surface area contributed by atoms with Crippen molar-refractivity contribution in [1.29, 1.82) is 0 Å². The zero-order chi connectivity index (χ0) is 22.5. The van der Waals surface area contributed by atoms with Crippen LogP contribution in [0.2, 0.25) is 5.02 Å². The van der Waals surface area contributed by atoms with Gasteiger partial charge in [-0.1, -0.05) is 29.8 Å². The summed E-state index contributed by atoms with van der Waals surface area (Å²) in [5.74, 6) is -1.75. The van der Waals surface area contributed by atoms with Crippen molar-refractivity contribution in [2.75, 3.05) is 13.2 Å². The number of ether oxygens (including phenoxy) is 2. The van der Waals surface area contributed by atoms with Crippen molar-refractivity contribution in [2.24, 2.45) is 5.92 Å². The number of nitrogens with zero attached hydrogens (tertiary/aromatic N) is 1. The lowest BCUT2D eigenvalue weighted by molar-refractivity contribution is -0.196. The summed E-state index contributed by atoms with van der Waals surface area (Å²) in [4.78, 5) is 12.9. The third kappa shape index (κ3) is 3.56. The van der Waals surface area contributed by atoms with Crippen molar-refractivity contribution in [1.82, 2.24) is 3.97 Å². The van der Waals surface area contributed by atoms with Gasteiger partial charge in [-0.05, 0) is 30.3 Å². The van der Waals surface area contributed by atoms with Crippen molar-refractivity contribution < 1.29 is 27.8 Å². The Labute approximate surface area is 190 Å². The largest absolute Gasteiger partial charge is 0.388 e. The van der Waals surface area contributed by atoms with Crippen molar-refractivity contribution in [3.05, 3.63) is 65.3 Å². The second-order valence-corrected chi connectivity index (χ2v) is 10.4. The van der Waals surface area contributed by atoms with E-state index in [1.807, 2.05) is 0 Å². The van der Waals surface area contributed by atoms with Crippen LogP contribution in [0.1, 0.15) is 30.9 Å². The van der Waals surface area contributed by atoms with Crippen LogP contribution in [0.15, 0.2) is 59.6 Å². The van der Waals surface area contributed by atoms with Crippen LogP contribution in [0.3, 0.4) is 0 Å². The van der Waals surface area contributed by atoms with Gasteiger partial charge in [-0.2, -0.15) is 0 Å². The molecule has 1 aromatic heterocycles. The van der Waals surface area contributed by atoms with Gasteiger partial charge in [0.05, 0.1) is 35.6 Å². The average molecular weight is 476 g/mol. The summed E-state index contributed by atoms with van der Waals surface area (Å²) in [7, 11) is -3.93. The van der Waals surface area contributed by atoms with E-state index < -0.39 is 27.8 Å². The zero-order valence-corrected chi connectivity index (χ0v) is 18.7. The van der Waals surface area contributed by atoms with Crippen molar-refractivity contribution in [2.45, 2.75) is 36.0 Å². The molecule has 7 nitrogen and oxygen atoms in total. The lowest BCUT2D eigenvalue weighted by atomic mass is 9.78. The third-order valence-electron chi connectivity index (χ3n) is 6.27. The average Bonchev–Trinajstić information content (AvgIpc) is 3.41. The highest BCUT2D eigenvalue weighted by molar-refractivity contribution is 7.90. The first-order chi connectivity index (χ1) is 15.3. The number of benzene rings is 2. The number of hydrogen-bond acceptors (Lipinski definition) is 6. The Hall–Kier alpha value is -2.23. The van der Waals surface area contributed by atoms with Crippen LogP contribution in [-0.4, -0.2) is 42.3 Å². The first-order valence-corrected chi connectivity index (χ1v) is 12.2. The van der Waals surface area contributed by atoms with Crippen molar-refractivity contribution in [3.8, 4) is 0 Å². The molecular formula is C23H22ClNO6S. The second kappa shape index (κ2) is 7.97. The first kappa shape index (κ1) is 21.6. The van der Waals surface area contributed by atoms with Gasteiger partial charge in [0.15, 0.2) is 5.79 Å². The predicted octanol–water partition coefficient (Wildman–Crippen LogP) is 3.68. The van der Waals surface area contributed by atoms with Crippen molar-refractivity contribution >= 4 is 38.3 Å². The van der Waals surface area contributed by atoms with Crippen LogP contribution in [0.5, 0.6) is 0 Å². The maximum absolute atomic E-state index is 13.4. The lowest BCUT2D eigenvalue weighted by Crippen LogP contribution is -2.42. The summed E-state index contributed by atoms with van der Waals surface area (Å²) in [6, 6.07) is 12.9. The molecule has 2 aliphatic rings. The molecule has 0 unspecified atom stereocenters. The molecule has 2 fully saturated rings. The number of aliphatic hydroxyl groups excluding tert-OH is 1. The summed E-state index contributed by atoms with van der Waals surface area (Å²) in [5.41, 5.74) is 0.703. The number of Topliss-reactive ketones (excluding diaryl/α,β-unsaturated/α-hetero) is 1. The maximum atomic E-state index is 13.4. The van der Waals surface area contributed by atoms with E-state index in [0.29, 0.717) is 41.1 Å². The maximum Gasteiger partial charge on any atom is 0.268 e. The molecule has 168 valence electrons. The van der Waals surface area contributed by atoms with Crippen LogP contribution < -0.4 is 0 Å². The van der Waals surface area contributed by atoms with E-state index in [1.165, 1.54) is 18.3 Å². The number of aliphatic hydroxyl groups is 1. The smallest absolute Gasteiger partial charge is 0.268 e. The van der Waals surface area contributed by atoms with E-state index >= 15 is 0 Å². The molecule has 9 heteroatoms. The predicted molar refractivity (Wildman–Crippen MR) is 118 cm³/mol. The number of carbonyl (C=O) groups excluding carboxylic acids is 1. The zero-order valence-electron chi connectivity index (χ0n) is 17.1. The molecule has 1 N–H and O–H groups in total. The van der Waals surface area contributed by atoms with Gasteiger partial charge >= 0.3 is 0 Å². The summed E-state index contributed by atoms with van der Waals surface area (Å²) < 4.78 is 39.4. The minimum atomic E-state index is -3.93. The van der Waals surface area contributed by atoms with E-state index in [1.54, 1.807) is 36.4 Å². The molecule has 2 aromatic carbocycles. The number of hydrogen-bond donors (Lipinski definition) is 1. The van der Waals surface area contributed by atoms with Gasteiger partial charge < -0.3 is 14.6 Å². The molecule has 1 spiro atoms. The van der Waals surface area contributed by atoms with Gasteiger partial charge in [0.1, 0.15) is 5.78 Å². The van der Waals surface area contributed by atoms with Crippen LogP contribution in [0, 0.1) is 5.92 Å². The Balaban J connectivity index is 1.61. The molecule has 2 heterocycles. The Morgan fingerprint density at radius 2 is 1.84 bits per heavy atom. The van der Waals surface area contributed by atoms with Gasteiger partial charge in [-0.25, -0.2) is 12.4 Å². The Morgan fingerprint density at radius 3 is 2.56 bits per heavy atom. The van der Waals surface area contributed by atoms with E-state index in [0.717, 1.165) is 3.97 Å². The standard InChI is InChI=1S/C23H22ClNO6S/c24-15-6-7-20-17(12-15)19(14-25(20)32(28,29)16-4-2-1-3-5-16)22(27)18-13-23(9-8-21(18)26)30-10-11-31-23/h1-7,12,14,18,22,27H,8-11,13H2/t18-,22-/m1/s1. The highest BCUT2D eigenvalue weighted by Crippen LogP contribution is 2.44. The van der Waals surface area contributed by atoms with Gasteiger partial charge in [-0.3, -0.25) is 4.79 Å². The minimum absolute atomic E-state index is 0.101. The minimum Gasteiger partial charge on any atom is -0.388 e. The summed E-state index contributed by atoms with van der Waals surface area (Å²) in [6.07, 6.45) is 1.04. The number of rotatable bonds is 4. The van der Waals surface area contributed by atoms with Crippen LogP contribution in [0.4, 0.5) is 0 Å². The molecule has 3 aromatic rings. The molecule has 0 radical (unpaired) electrons. The van der Waals surface area contributed by atoms with E-state index in [9.17, 15) is 18.3 Å². The van der Waals surface area contributed by atoms with E-state index in [4.69, 9.17) is 21.1 Å². The highest BCUT2D eigenvalue weighted by atomic mass is 35.5. The van der Waals surface area contributed by atoms with Crippen LogP contribution in [0.25, 0.3) is 10.9 Å². The molecule has 0 amide bonds. The normalized spacial score (nSPS) is 21.9. The summed E-state index contributed by atoms with van der Waals surface area (Å²) in [5, 5.41) is 12.2. The Morgan fingerprint density at radius 1 is 1.12 bits per heavy atom. The Kier molecular flexibility index (Phi) is 5.38. The number of ketones is 1. The molecule has 0 bridgehead atoms. The number of aromatic nitrogens is 1. The summed E-state index contributed by atoms with van der Waals surface area (Å²) in [6.45, 7) is 0.891. The van der Waals surface area contributed by atoms with Gasteiger partial charge in [-0.15, -0.1) is 0 Å².